The first-order valence-electron chi connectivity index (χ1n) is 4.90. The Morgan fingerprint density at radius 3 is 2.56 bits per heavy atom. The summed E-state index contributed by atoms with van der Waals surface area (Å²) in [5, 5.41) is 0.895. The van der Waals surface area contributed by atoms with E-state index in [9.17, 15) is 4.79 Å². The second-order valence-electron chi connectivity index (χ2n) is 4.03. The number of halogens is 2. The molecule has 0 aliphatic heterocycles. The molecule has 0 spiro atoms. The molecule has 1 aromatic carbocycles. The average molecular weight is 261 g/mol. The van der Waals surface area contributed by atoms with Gasteiger partial charge in [0.25, 0.3) is 0 Å². The van der Waals surface area contributed by atoms with E-state index in [2.05, 4.69) is 0 Å². The third-order valence-electron chi connectivity index (χ3n) is 2.56. The molecule has 2 nitrogen and oxygen atoms in total. The van der Waals surface area contributed by atoms with Crippen molar-refractivity contribution in [2.45, 2.75) is 25.9 Å². The summed E-state index contributed by atoms with van der Waals surface area (Å²) in [7, 11) is 1.51. The van der Waals surface area contributed by atoms with E-state index >= 15 is 0 Å². The van der Waals surface area contributed by atoms with E-state index in [1.165, 1.54) is 7.11 Å². The van der Waals surface area contributed by atoms with E-state index in [4.69, 9.17) is 27.9 Å². The largest absolute Gasteiger partial charge is 0.371 e. The first kappa shape index (κ1) is 13.5. The molecule has 0 N–H and O–H groups in total. The lowest BCUT2D eigenvalue weighted by atomic mass is 9.97. The van der Waals surface area contributed by atoms with E-state index in [-0.39, 0.29) is 12.2 Å². The number of hydrogen-bond acceptors (Lipinski definition) is 2. The Morgan fingerprint density at radius 2 is 2.00 bits per heavy atom. The lowest BCUT2D eigenvalue weighted by molar-refractivity contribution is -0.136. The van der Waals surface area contributed by atoms with E-state index in [0.717, 1.165) is 5.56 Å². The number of benzene rings is 1. The number of carbonyl (C=O) groups excluding carboxylic acids is 1. The predicted molar refractivity (Wildman–Crippen MR) is 66.3 cm³/mol. The van der Waals surface area contributed by atoms with Crippen molar-refractivity contribution in [1.29, 1.82) is 0 Å². The molecule has 0 aromatic heterocycles. The zero-order valence-electron chi connectivity index (χ0n) is 9.51. The van der Waals surface area contributed by atoms with Crippen LogP contribution in [0, 0.1) is 0 Å². The van der Waals surface area contributed by atoms with Gasteiger partial charge >= 0.3 is 0 Å². The maximum atomic E-state index is 11.9. The molecule has 1 aromatic rings. The highest BCUT2D eigenvalue weighted by molar-refractivity contribution is 6.42. The van der Waals surface area contributed by atoms with Crippen molar-refractivity contribution in [1.82, 2.24) is 0 Å². The van der Waals surface area contributed by atoms with Crippen LogP contribution in [0.5, 0.6) is 0 Å². The molecule has 0 saturated carbocycles. The van der Waals surface area contributed by atoms with Crippen LogP contribution in [0.1, 0.15) is 19.4 Å². The topological polar surface area (TPSA) is 26.3 Å². The molecule has 0 bridgehead atoms. The zero-order valence-corrected chi connectivity index (χ0v) is 11.0. The van der Waals surface area contributed by atoms with Gasteiger partial charge in [0.2, 0.25) is 0 Å². The fraction of sp³-hybridized carbons (Fsp3) is 0.417. The molecular weight excluding hydrogens is 247 g/mol. The lowest BCUT2D eigenvalue weighted by Gasteiger charge is -2.21. The number of methoxy groups -OCH3 is 1. The van der Waals surface area contributed by atoms with Crippen molar-refractivity contribution in [2.24, 2.45) is 0 Å². The normalized spacial score (nSPS) is 11.6. The van der Waals surface area contributed by atoms with Gasteiger partial charge in [0.15, 0.2) is 5.78 Å². The molecule has 4 heteroatoms. The number of carbonyl (C=O) groups is 1. The molecule has 0 atom stereocenters. The van der Waals surface area contributed by atoms with Crippen LogP contribution in [0.2, 0.25) is 10.0 Å². The SMILES string of the molecule is COC(C)(C)C(=O)Cc1cccc(Cl)c1Cl. The Hall–Kier alpha value is -0.570. The highest BCUT2D eigenvalue weighted by Crippen LogP contribution is 2.27. The van der Waals surface area contributed by atoms with Gasteiger partial charge in [-0.1, -0.05) is 35.3 Å². The van der Waals surface area contributed by atoms with Gasteiger partial charge in [-0.15, -0.1) is 0 Å². The lowest BCUT2D eigenvalue weighted by Crippen LogP contribution is -2.35. The Labute approximate surface area is 106 Å². The quantitative estimate of drug-likeness (QED) is 0.828. The average Bonchev–Trinajstić information content (AvgIpc) is 2.24. The third kappa shape index (κ3) is 2.97. The van der Waals surface area contributed by atoms with Crippen LogP contribution in [0.15, 0.2) is 18.2 Å². The molecule has 0 unspecified atom stereocenters. The maximum absolute atomic E-state index is 11.9. The minimum Gasteiger partial charge on any atom is -0.371 e. The summed E-state index contributed by atoms with van der Waals surface area (Å²) in [6.07, 6.45) is 0.222. The fourth-order valence-corrected chi connectivity index (χ4v) is 1.57. The molecule has 0 aliphatic rings. The molecule has 0 radical (unpaired) electrons. The van der Waals surface area contributed by atoms with Crippen LogP contribution in [0.25, 0.3) is 0 Å². The van der Waals surface area contributed by atoms with Crippen LogP contribution in [-0.2, 0) is 16.0 Å². The number of Topliss-reactive ketones (excluding diaryl/α,β-unsaturated/α-hetero) is 1. The number of hydrogen-bond donors (Lipinski definition) is 0. The van der Waals surface area contributed by atoms with Gasteiger partial charge in [-0.05, 0) is 25.5 Å². The van der Waals surface area contributed by atoms with Crippen LogP contribution in [0.3, 0.4) is 0 Å². The highest BCUT2D eigenvalue weighted by Gasteiger charge is 2.27. The Morgan fingerprint density at radius 1 is 1.38 bits per heavy atom. The van der Waals surface area contributed by atoms with Gasteiger partial charge in [0.05, 0.1) is 10.0 Å². The summed E-state index contributed by atoms with van der Waals surface area (Å²) in [5.41, 5.74) is -0.0738. The van der Waals surface area contributed by atoms with Gasteiger partial charge in [-0.2, -0.15) is 0 Å². The standard InChI is InChI=1S/C12H14Cl2O2/c1-12(2,16-3)10(15)7-8-5-4-6-9(13)11(8)14/h4-6H,7H2,1-3H3. The summed E-state index contributed by atoms with van der Waals surface area (Å²) in [4.78, 5) is 11.9. The highest BCUT2D eigenvalue weighted by atomic mass is 35.5. The number of ether oxygens (including phenoxy) is 1. The smallest absolute Gasteiger partial charge is 0.168 e. The monoisotopic (exact) mass is 260 g/mol. The Balaban J connectivity index is 2.90. The van der Waals surface area contributed by atoms with Crippen molar-refractivity contribution >= 4 is 29.0 Å². The van der Waals surface area contributed by atoms with Gasteiger partial charge in [0.1, 0.15) is 5.60 Å². The van der Waals surface area contributed by atoms with Crippen LogP contribution >= 0.6 is 23.2 Å². The fourth-order valence-electron chi connectivity index (χ4n) is 1.18. The summed E-state index contributed by atoms with van der Waals surface area (Å²) < 4.78 is 5.12. The van der Waals surface area contributed by atoms with Crippen LogP contribution in [0.4, 0.5) is 0 Å². The molecule has 0 heterocycles. The zero-order chi connectivity index (χ0) is 12.3. The molecule has 0 saturated heterocycles. The first-order valence-corrected chi connectivity index (χ1v) is 5.65. The molecule has 88 valence electrons. The molecule has 0 fully saturated rings. The minimum absolute atomic E-state index is 0.0285. The van der Waals surface area contributed by atoms with Gasteiger partial charge < -0.3 is 4.74 Å². The maximum Gasteiger partial charge on any atom is 0.168 e. The summed E-state index contributed by atoms with van der Waals surface area (Å²) in [6, 6.07) is 5.26. The third-order valence-corrected chi connectivity index (χ3v) is 3.42. The molecule has 0 aliphatic carbocycles. The van der Waals surface area contributed by atoms with E-state index < -0.39 is 5.60 Å². The minimum atomic E-state index is -0.800. The van der Waals surface area contributed by atoms with Crippen molar-refractivity contribution in [3.63, 3.8) is 0 Å². The second kappa shape index (κ2) is 5.17. The molecule has 0 amide bonds. The van der Waals surface area contributed by atoms with Gasteiger partial charge in [-0.25, -0.2) is 0 Å². The van der Waals surface area contributed by atoms with Gasteiger partial charge in [0, 0.05) is 13.5 Å². The van der Waals surface area contributed by atoms with E-state index in [0.29, 0.717) is 10.0 Å². The summed E-state index contributed by atoms with van der Waals surface area (Å²) >= 11 is 11.9. The predicted octanol–water partition coefficient (Wildman–Crippen LogP) is 3.53. The summed E-state index contributed by atoms with van der Waals surface area (Å²) in [5.74, 6) is -0.0285. The van der Waals surface area contributed by atoms with Crippen molar-refractivity contribution in [3.8, 4) is 0 Å². The number of ketones is 1. The van der Waals surface area contributed by atoms with Crippen molar-refractivity contribution in [3.05, 3.63) is 33.8 Å². The molecule has 1 rings (SSSR count). The van der Waals surface area contributed by atoms with Gasteiger partial charge in [-0.3, -0.25) is 4.79 Å². The van der Waals surface area contributed by atoms with Crippen LogP contribution in [-0.4, -0.2) is 18.5 Å². The molecule has 16 heavy (non-hydrogen) atoms. The Bertz CT molecular complexity index is 400. The number of rotatable bonds is 4. The Kier molecular flexibility index (Phi) is 4.36. The first-order chi connectivity index (χ1) is 7.38. The molecular formula is C12H14Cl2O2. The summed E-state index contributed by atoms with van der Waals surface area (Å²) in [6.45, 7) is 3.46. The van der Waals surface area contributed by atoms with Crippen molar-refractivity contribution < 1.29 is 9.53 Å². The van der Waals surface area contributed by atoms with Crippen LogP contribution < -0.4 is 0 Å². The van der Waals surface area contributed by atoms with Crippen molar-refractivity contribution in [2.75, 3.05) is 7.11 Å². The second-order valence-corrected chi connectivity index (χ2v) is 4.81. The van der Waals surface area contributed by atoms with E-state index in [1.807, 2.05) is 0 Å². The van der Waals surface area contributed by atoms with E-state index in [1.54, 1.807) is 32.0 Å².